The zero-order valence-corrected chi connectivity index (χ0v) is 21.2. The molecule has 7 nitrogen and oxygen atoms in total. The Morgan fingerprint density at radius 2 is 1.44 bits per heavy atom. The fourth-order valence-electron chi connectivity index (χ4n) is 4.20. The Morgan fingerprint density at radius 3 is 1.88 bits per heavy atom. The predicted octanol–water partition coefficient (Wildman–Crippen LogP) is 5.70. The molecule has 2 amide bonds. The lowest BCUT2D eigenvalue weighted by Crippen LogP contribution is -2.49. The minimum Gasteiger partial charge on any atom is -0.352 e. The van der Waals surface area contributed by atoms with Gasteiger partial charge in [0.2, 0.25) is 5.91 Å². The van der Waals surface area contributed by atoms with Crippen LogP contribution in [0.2, 0.25) is 0 Å². The molecule has 2 heterocycles. The van der Waals surface area contributed by atoms with Crippen molar-refractivity contribution in [2.45, 2.75) is 44.2 Å². The molecular formula is C25H24F9N5O2. The second kappa shape index (κ2) is 11.0. The Labute approximate surface area is 227 Å². The molecule has 0 atom stereocenters. The van der Waals surface area contributed by atoms with E-state index in [1.165, 1.54) is 29.2 Å². The largest absolute Gasteiger partial charge is 0.417 e. The van der Waals surface area contributed by atoms with Crippen molar-refractivity contribution >= 4 is 23.5 Å². The van der Waals surface area contributed by atoms with E-state index >= 15 is 0 Å². The van der Waals surface area contributed by atoms with Crippen molar-refractivity contribution in [2.24, 2.45) is 11.3 Å². The van der Waals surface area contributed by atoms with Gasteiger partial charge < -0.3 is 15.1 Å². The molecule has 1 N–H and O–H groups in total. The summed E-state index contributed by atoms with van der Waals surface area (Å²) in [7, 11) is 0. The van der Waals surface area contributed by atoms with Crippen LogP contribution in [0, 0.1) is 11.3 Å². The molecule has 2 aromatic rings. The van der Waals surface area contributed by atoms with Gasteiger partial charge in [0.05, 0.1) is 17.0 Å². The molecule has 5 rings (SSSR count). The molecule has 2 aliphatic carbocycles. The average Bonchev–Trinajstić information content (AvgIpc) is 3.81. The van der Waals surface area contributed by atoms with Gasteiger partial charge in [-0.3, -0.25) is 9.59 Å². The molecule has 41 heavy (non-hydrogen) atoms. The van der Waals surface area contributed by atoms with Crippen LogP contribution in [0.5, 0.6) is 0 Å². The van der Waals surface area contributed by atoms with Crippen LogP contribution in [0.25, 0.3) is 0 Å². The number of amides is 2. The lowest BCUT2D eigenvalue weighted by atomic mass is 10.1. The first-order valence-corrected chi connectivity index (χ1v) is 12.5. The number of nitrogens with one attached hydrogen (secondary N) is 1. The van der Waals surface area contributed by atoms with E-state index in [0.717, 1.165) is 12.1 Å². The lowest BCUT2D eigenvalue weighted by molar-refractivity contribution is -0.189. The maximum atomic E-state index is 13.2. The van der Waals surface area contributed by atoms with Crippen molar-refractivity contribution < 1.29 is 49.1 Å². The number of hydrogen-bond acceptors (Lipinski definition) is 5. The second-order valence-electron chi connectivity index (χ2n) is 9.95. The maximum absolute atomic E-state index is 13.2. The summed E-state index contributed by atoms with van der Waals surface area (Å²) in [6.07, 6.45) is -13.0. The highest BCUT2D eigenvalue weighted by Gasteiger charge is 2.68. The van der Waals surface area contributed by atoms with Crippen LogP contribution in [-0.4, -0.2) is 65.4 Å². The average molecular weight is 597 g/mol. The molecule has 0 spiro atoms. The molecule has 2 saturated carbocycles. The predicted molar refractivity (Wildman–Crippen MR) is 127 cm³/mol. The van der Waals surface area contributed by atoms with Gasteiger partial charge >= 0.3 is 18.5 Å². The SMILES string of the molecule is FC(F)(F)C1CC1.O=C(c1ccccc1C(F)(F)F)N1CCN(c2ccc(NC(=O)C3(C(F)(F)F)CC3)nn2)CC1. The smallest absolute Gasteiger partial charge is 0.352 e. The van der Waals surface area contributed by atoms with Crippen LogP contribution in [0.3, 0.4) is 0 Å². The van der Waals surface area contributed by atoms with E-state index in [9.17, 15) is 49.1 Å². The van der Waals surface area contributed by atoms with Crippen molar-refractivity contribution in [3.63, 3.8) is 0 Å². The Bertz CT molecular complexity index is 1250. The van der Waals surface area contributed by atoms with Gasteiger partial charge in [0.15, 0.2) is 11.6 Å². The second-order valence-corrected chi connectivity index (χ2v) is 9.95. The first kappa shape index (κ1) is 30.4. The number of hydrogen-bond donors (Lipinski definition) is 1. The summed E-state index contributed by atoms with van der Waals surface area (Å²) in [5.74, 6) is -2.62. The number of carbonyl (C=O) groups is 2. The molecular weight excluding hydrogens is 573 g/mol. The van der Waals surface area contributed by atoms with Crippen molar-refractivity contribution in [3.8, 4) is 0 Å². The van der Waals surface area contributed by atoms with E-state index < -0.39 is 52.8 Å². The van der Waals surface area contributed by atoms with E-state index in [2.05, 4.69) is 15.5 Å². The molecule has 0 unspecified atom stereocenters. The summed E-state index contributed by atoms with van der Waals surface area (Å²) in [5, 5.41) is 9.83. The van der Waals surface area contributed by atoms with Crippen molar-refractivity contribution in [3.05, 3.63) is 47.5 Å². The van der Waals surface area contributed by atoms with Crippen LogP contribution < -0.4 is 10.2 Å². The van der Waals surface area contributed by atoms with Crippen molar-refractivity contribution in [1.29, 1.82) is 0 Å². The summed E-state index contributed by atoms with van der Waals surface area (Å²) in [4.78, 5) is 27.7. The molecule has 224 valence electrons. The number of alkyl halides is 9. The summed E-state index contributed by atoms with van der Waals surface area (Å²) >= 11 is 0. The summed E-state index contributed by atoms with van der Waals surface area (Å²) in [5.41, 5.74) is -3.79. The third-order valence-corrected chi connectivity index (χ3v) is 7.01. The van der Waals surface area contributed by atoms with Gasteiger partial charge in [-0.1, -0.05) is 12.1 Å². The number of benzene rings is 1. The number of rotatable bonds is 4. The minimum atomic E-state index is -4.65. The van der Waals surface area contributed by atoms with Crippen LogP contribution >= 0.6 is 0 Å². The number of piperazine rings is 1. The molecule has 1 aromatic heterocycles. The Balaban J connectivity index is 0.000000483. The first-order valence-electron chi connectivity index (χ1n) is 12.5. The number of halogens is 9. The fourth-order valence-corrected chi connectivity index (χ4v) is 4.20. The zero-order chi connectivity index (χ0) is 30.2. The lowest BCUT2D eigenvalue weighted by Gasteiger charge is -2.35. The van der Waals surface area contributed by atoms with Crippen LogP contribution in [0.4, 0.5) is 51.1 Å². The number of anilines is 2. The molecule has 3 fully saturated rings. The highest BCUT2D eigenvalue weighted by atomic mass is 19.4. The monoisotopic (exact) mass is 597 g/mol. The topological polar surface area (TPSA) is 78.4 Å². The van der Waals surface area contributed by atoms with E-state index in [4.69, 9.17) is 0 Å². The summed E-state index contributed by atoms with van der Waals surface area (Å²) < 4.78 is 113. The van der Waals surface area contributed by atoms with Crippen molar-refractivity contribution in [2.75, 3.05) is 36.4 Å². The molecule has 1 aliphatic heterocycles. The summed E-state index contributed by atoms with van der Waals surface area (Å²) in [6, 6.07) is 7.38. The zero-order valence-electron chi connectivity index (χ0n) is 21.2. The van der Waals surface area contributed by atoms with Gasteiger partial charge in [-0.15, -0.1) is 10.2 Å². The minimum absolute atomic E-state index is 0.123. The van der Waals surface area contributed by atoms with E-state index in [1.807, 2.05) is 0 Å². The molecule has 0 bridgehead atoms. The normalized spacial score (nSPS) is 18.8. The quantitative estimate of drug-likeness (QED) is 0.458. The van der Waals surface area contributed by atoms with Gasteiger partial charge in [0.1, 0.15) is 5.41 Å². The molecule has 1 aromatic carbocycles. The molecule has 0 radical (unpaired) electrons. The highest BCUT2D eigenvalue weighted by molar-refractivity contribution is 5.97. The van der Waals surface area contributed by atoms with Gasteiger partial charge in [-0.25, -0.2) is 0 Å². The van der Waals surface area contributed by atoms with E-state index in [1.54, 1.807) is 4.90 Å². The van der Waals surface area contributed by atoms with Gasteiger partial charge in [-0.05, 0) is 49.9 Å². The Hall–Kier alpha value is -3.59. The Morgan fingerprint density at radius 1 is 0.829 bits per heavy atom. The summed E-state index contributed by atoms with van der Waals surface area (Å²) in [6.45, 7) is 0.799. The van der Waals surface area contributed by atoms with E-state index in [0.29, 0.717) is 18.7 Å². The first-order chi connectivity index (χ1) is 19.0. The third-order valence-electron chi connectivity index (χ3n) is 7.01. The molecule has 3 aliphatic rings. The number of nitrogens with zero attached hydrogens (tertiary/aromatic N) is 4. The fraction of sp³-hybridized carbons (Fsp3) is 0.520. The van der Waals surface area contributed by atoms with Crippen molar-refractivity contribution in [1.82, 2.24) is 15.1 Å². The number of aromatic nitrogens is 2. The van der Waals surface area contributed by atoms with Crippen LogP contribution in [0.15, 0.2) is 36.4 Å². The number of carbonyl (C=O) groups excluding carboxylic acids is 2. The third kappa shape index (κ3) is 7.01. The molecule has 1 saturated heterocycles. The van der Waals surface area contributed by atoms with Crippen LogP contribution in [0.1, 0.15) is 41.6 Å². The van der Waals surface area contributed by atoms with Gasteiger partial charge in [-0.2, -0.15) is 39.5 Å². The highest BCUT2D eigenvalue weighted by Crippen LogP contribution is 2.58. The van der Waals surface area contributed by atoms with E-state index in [-0.39, 0.29) is 44.8 Å². The van der Waals surface area contributed by atoms with Crippen LogP contribution in [-0.2, 0) is 11.0 Å². The maximum Gasteiger partial charge on any atom is 0.417 e. The standard InChI is InChI=1S/C21H19F6N5O2.C4H5F3/c22-20(23,24)14-4-2-1-3-13(14)17(33)32-11-9-31(10-12-32)16-6-5-15(29-30-16)28-18(34)19(7-8-19)21(25,26)27;5-4(6,7)3-1-2-3/h1-6H,7-12H2,(H,28,29,34);3H,1-2H2. The molecule has 16 heteroatoms. The van der Waals surface area contributed by atoms with Gasteiger partial charge in [0, 0.05) is 26.2 Å². The Kier molecular flexibility index (Phi) is 8.15. The van der Waals surface area contributed by atoms with Gasteiger partial charge in [0.25, 0.3) is 5.91 Å².